The van der Waals surface area contributed by atoms with Crippen LogP contribution in [0.4, 0.5) is 0 Å². The van der Waals surface area contributed by atoms with E-state index in [4.69, 9.17) is 4.74 Å². The highest BCUT2D eigenvalue weighted by Crippen LogP contribution is 2.26. The van der Waals surface area contributed by atoms with Crippen LogP contribution < -0.4 is 5.32 Å². The highest BCUT2D eigenvalue weighted by Gasteiger charge is 2.35. The second-order valence-corrected chi connectivity index (χ2v) is 6.32. The Bertz CT molecular complexity index is 211. The first-order valence-electron chi connectivity index (χ1n) is 6.29. The molecule has 1 atom stereocenters. The Kier molecular flexibility index (Phi) is 4.53. The lowest BCUT2D eigenvalue weighted by Gasteiger charge is -2.43. The summed E-state index contributed by atoms with van der Waals surface area (Å²) in [6, 6.07) is 0.740. The molecule has 0 bridgehead atoms. The van der Waals surface area contributed by atoms with Crippen molar-refractivity contribution in [3.05, 3.63) is 0 Å². The second kappa shape index (κ2) is 5.71. The molecule has 1 N–H and O–H groups in total. The highest BCUT2D eigenvalue weighted by molar-refractivity contribution is 7.99. The third-order valence-electron chi connectivity index (χ3n) is 4.02. The van der Waals surface area contributed by atoms with Gasteiger partial charge in [0, 0.05) is 37.1 Å². The van der Waals surface area contributed by atoms with E-state index in [1.807, 2.05) is 0 Å². The Morgan fingerprint density at radius 3 is 2.69 bits per heavy atom. The van der Waals surface area contributed by atoms with Gasteiger partial charge in [-0.15, -0.1) is 0 Å². The minimum Gasteiger partial charge on any atom is -0.381 e. The fourth-order valence-corrected chi connectivity index (χ4v) is 3.75. The number of thioether (sulfide) groups is 1. The van der Waals surface area contributed by atoms with Gasteiger partial charge in [0.05, 0.1) is 0 Å². The maximum Gasteiger partial charge on any atom is 0.0484 e. The molecular weight excluding hydrogens is 220 g/mol. The average Bonchev–Trinajstić information content (AvgIpc) is 2.80. The zero-order valence-corrected chi connectivity index (χ0v) is 11.3. The Morgan fingerprint density at radius 2 is 2.12 bits per heavy atom. The third kappa shape index (κ3) is 2.92. The van der Waals surface area contributed by atoms with Gasteiger partial charge in [0.1, 0.15) is 0 Å². The second-order valence-electron chi connectivity index (χ2n) is 5.17. The summed E-state index contributed by atoms with van der Waals surface area (Å²) < 4.78 is 5.49. The number of hydrogen-bond acceptors (Lipinski definition) is 4. The predicted molar refractivity (Wildman–Crippen MR) is 70.2 cm³/mol. The van der Waals surface area contributed by atoms with Crippen molar-refractivity contribution in [2.45, 2.75) is 30.8 Å². The van der Waals surface area contributed by atoms with Crippen LogP contribution in [0.15, 0.2) is 0 Å². The van der Waals surface area contributed by atoms with Crippen molar-refractivity contribution in [1.82, 2.24) is 10.2 Å². The minimum absolute atomic E-state index is 0.325. The van der Waals surface area contributed by atoms with Gasteiger partial charge in [0.25, 0.3) is 0 Å². The molecule has 0 saturated carbocycles. The van der Waals surface area contributed by atoms with Crippen LogP contribution in [-0.4, -0.2) is 61.8 Å². The van der Waals surface area contributed by atoms with Crippen LogP contribution in [0.5, 0.6) is 0 Å². The third-order valence-corrected chi connectivity index (χ3v) is 5.18. The molecule has 2 fully saturated rings. The molecular formula is C12H24N2OS. The molecule has 0 amide bonds. The quantitative estimate of drug-likeness (QED) is 0.803. The smallest absolute Gasteiger partial charge is 0.0484 e. The lowest BCUT2D eigenvalue weighted by Crippen LogP contribution is -2.56. The highest BCUT2D eigenvalue weighted by atomic mass is 32.2. The first-order valence-corrected chi connectivity index (χ1v) is 7.45. The number of hydrogen-bond donors (Lipinski definition) is 1. The fourth-order valence-electron chi connectivity index (χ4n) is 2.56. The summed E-state index contributed by atoms with van der Waals surface area (Å²) in [6.07, 6.45) is 3.66. The van der Waals surface area contributed by atoms with Gasteiger partial charge >= 0.3 is 0 Å². The normalized spacial score (nSPS) is 29.8. The van der Waals surface area contributed by atoms with Gasteiger partial charge in [-0.2, -0.15) is 11.8 Å². The summed E-state index contributed by atoms with van der Waals surface area (Å²) in [5.41, 5.74) is 0.325. The van der Waals surface area contributed by atoms with E-state index in [0.717, 1.165) is 38.6 Å². The standard InChI is InChI=1S/C12H24N2OS/c1-14(2)12(4-6-15-7-5-12)10-13-11-3-8-16-9-11/h11,13H,3-10H2,1-2H3. The van der Waals surface area contributed by atoms with Gasteiger partial charge in [-0.25, -0.2) is 0 Å². The van der Waals surface area contributed by atoms with Gasteiger partial charge in [0.2, 0.25) is 0 Å². The summed E-state index contributed by atoms with van der Waals surface area (Å²) >= 11 is 2.08. The monoisotopic (exact) mass is 244 g/mol. The van der Waals surface area contributed by atoms with Crippen molar-refractivity contribution in [2.75, 3.05) is 45.4 Å². The zero-order chi connectivity index (χ0) is 11.4. The summed E-state index contributed by atoms with van der Waals surface area (Å²) in [4.78, 5) is 2.39. The number of rotatable bonds is 4. The van der Waals surface area contributed by atoms with Crippen molar-refractivity contribution in [3.8, 4) is 0 Å². The van der Waals surface area contributed by atoms with E-state index in [-0.39, 0.29) is 0 Å². The molecule has 2 rings (SSSR count). The molecule has 2 heterocycles. The summed E-state index contributed by atoms with van der Waals surface area (Å²) in [5.74, 6) is 2.62. The summed E-state index contributed by atoms with van der Waals surface area (Å²) in [5, 5.41) is 3.76. The van der Waals surface area contributed by atoms with Gasteiger partial charge in [0.15, 0.2) is 0 Å². The number of nitrogens with one attached hydrogen (secondary N) is 1. The number of ether oxygens (including phenoxy) is 1. The van der Waals surface area contributed by atoms with Crippen molar-refractivity contribution >= 4 is 11.8 Å². The van der Waals surface area contributed by atoms with E-state index in [9.17, 15) is 0 Å². The molecule has 0 radical (unpaired) electrons. The number of likely N-dealkylation sites (N-methyl/N-ethyl adjacent to an activating group) is 1. The van der Waals surface area contributed by atoms with E-state index < -0.39 is 0 Å². The Morgan fingerprint density at radius 1 is 1.38 bits per heavy atom. The molecule has 16 heavy (non-hydrogen) atoms. The Balaban J connectivity index is 1.86. The predicted octanol–water partition coefficient (Wildman–Crippen LogP) is 1.19. The molecule has 2 aliphatic heterocycles. The average molecular weight is 244 g/mol. The van der Waals surface area contributed by atoms with Gasteiger partial charge in [-0.05, 0) is 39.1 Å². The molecule has 0 spiro atoms. The van der Waals surface area contributed by atoms with Crippen LogP contribution >= 0.6 is 11.8 Å². The molecule has 1 unspecified atom stereocenters. The van der Waals surface area contributed by atoms with Crippen LogP contribution in [0.1, 0.15) is 19.3 Å². The topological polar surface area (TPSA) is 24.5 Å². The fraction of sp³-hybridized carbons (Fsp3) is 1.00. The zero-order valence-electron chi connectivity index (χ0n) is 10.5. The maximum absolute atomic E-state index is 5.49. The van der Waals surface area contributed by atoms with Crippen LogP contribution in [0.3, 0.4) is 0 Å². The van der Waals surface area contributed by atoms with E-state index in [2.05, 4.69) is 36.1 Å². The molecule has 0 aliphatic carbocycles. The van der Waals surface area contributed by atoms with Crippen molar-refractivity contribution in [1.29, 1.82) is 0 Å². The summed E-state index contributed by atoms with van der Waals surface area (Å²) in [7, 11) is 4.41. The van der Waals surface area contributed by atoms with Crippen LogP contribution in [0, 0.1) is 0 Å². The molecule has 3 nitrogen and oxygen atoms in total. The molecule has 0 aromatic carbocycles. The van der Waals surface area contributed by atoms with E-state index in [0.29, 0.717) is 5.54 Å². The van der Waals surface area contributed by atoms with E-state index >= 15 is 0 Å². The van der Waals surface area contributed by atoms with Crippen LogP contribution in [0.2, 0.25) is 0 Å². The minimum atomic E-state index is 0.325. The first-order chi connectivity index (χ1) is 7.73. The molecule has 0 aromatic rings. The van der Waals surface area contributed by atoms with E-state index in [1.165, 1.54) is 17.9 Å². The van der Waals surface area contributed by atoms with Gasteiger partial charge < -0.3 is 15.0 Å². The molecule has 0 aromatic heterocycles. The molecule has 4 heteroatoms. The molecule has 2 saturated heterocycles. The van der Waals surface area contributed by atoms with Crippen LogP contribution in [0.25, 0.3) is 0 Å². The van der Waals surface area contributed by atoms with Gasteiger partial charge in [-0.1, -0.05) is 0 Å². The van der Waals surface area contributed by atoms with Crippen molar-refractivity contribution in [3.63, 3.8) is 0 Å². The van der Waals surface area contributed by atoms with Crippen LogP contribution in [-0.2, 0) is 4.74 Å². The lowest BCUT2D eigenvalue weighted by atomic mass is 9.88. The number of nitrogens with zero attached hydrogens (tertiary/aromatic N) is 1. The lowest BCUT2D eigenvalue weighted by molar-refractivity contribution is -0.00793. The van der Waals surface area contributed by atoms with Crippen molar-refractivity contribution in [2.24, 2.45) is 0 Å². The SMILES string of the molecule is CN(C)C1(CNC2CCSC2)CCOCC1. The Hall–Kier alpha value is 0.230. The first kappa shape index (κ1) is 12.7. The van der Waals surface area contributed by atoms with Crippen molar-refractivity contribution < 1.29 is 4.74 Å². The summed E-state index contributed by atoms with van der Waals surface area (Å²) in [6.45, 7) is 2.95. The largest absolute Gasteiger partial charge is 0.381 e. The molecule has 94 valence electrons. The maximum atomic E-state index is 5.49. The van der Waals surface area contributed by atoms with Gasteiger partial charge in [-0.3, -0.25) is 0 Å². The Labute approximate surface area is 103 Å². The molecule has 2 aliphatic rings. The van der Waals surface area contributed by atoms with E-state index in [1.54, 1.807) is 0 Å².